The summed E-state index contributed by atoms with van der Waals surface area (Å²) in [6, 6.07) is 7.69. The molecule has 1 aromatic carbocycles. The van der Waals surface area contributed by atoms with E-state index in [0.29, 0.717) is 13.2 Å². The highest BCUT2D eigenvalue weighted by Gasteiger charge is 2.42. The molecule has 1 aliphatic carbocycles. The molecule has 1 saturated carbocycles. The first-order chi connectivity index (χ1) is 11.5. The number of hydrogen-bond acceptors (Lipinski definition) is 4. The largest absolute Gasteiger partial charge is 0.491 e. The summed E-state index contributed by atoms with van der Waals surface area (Å²) in [5.74, 6) is -2.00. The Hall–Kier alpha value is -2.49. The van der Waals surface area contributed by atoms with E-state index in [2.05, 4.69) is 0 Å². The Labute approximate surface area is 141 Å². The standard InChI is InChI=1S/C13H18N2O3.C2HF3O2/c1-15(12(16)17)8-9-18-11-5-3-2-4-10(11)13(14)6-7-13;3-2(4,5)1(6)7/h2-5H,6-9,14H2,1H3,(H,16,17);(H,6,7). The fourth-order valence-electron chi connectivity index (χ4n) is 1.80. The minimum atomic E-state index is -5.08. The third kappa shape index (κ3) is 6.49. The summed E-state index contributed by atoms with van der Waals surface area (Å²) in [6.45, 7) is 0.664. The number of carbonyl (C=O) groups is 2. The van der Waals surface area contributed by atoms with Gasteiger partial charge in [-0.25, -0.2) is 9.59 Å². The third-order valence-electron chi connectivity index (χ3n) is 3.47. The minimum absolute atomic E-state index is 0.241. The number of amides is 1. The van der Waals surface area contributed by atoms with Crippen molar-refractivity contribution < 1.29 is 37.7 Å². The lowest BCUT2D eigenvalue weighted by molar-refractivity contribution is -0.192. The Morgan fingerprint density at radius 2 is 1.80 bits per heavy atom. The quantitative estimate of drug-likeness (QED) is 0.739. The Morgan fingerprint density at radius 3 is 2.24 bits per heavy atom. The summed E-state index contributed by atoms with van der Waals surface area (Å²) < 4.78 is 37.4. The normalized spacial score (nSPS) is 14.8. The van der Waals surface area contributed by atoms with E-state index in [-0.39, 0.29) is 5.54 Å². The zero-order chi connectivity index (χ0) is 19.3. The van der Waals surface area contributed by atoms with Gasteiger partial charge in [0.2, 0.25) is 0 Å². The summed E-state index contributed by atoms with van der Waals surface area (Å²) in [5.41, 5.74) is 6.94. The molecule has 0 bridgehead atoms. The molecule has 0 aromatic heterocycles. The van der Waals surface area contributed by atoms with Gasteiger partial charge in [0, 0.05) is 18.2 Å². The molecule has 1 fully saturated rings. The van der Waals surface area contributed by atoms with Gasteiger partial charge in [-0.05, 0) is 18.9 Å². The predicted molar refractivity (Wildman–Crippen MR) is 81.4 cm³/mol. The van der Waals surface area contributed by atoms with Gasteiger partial charge in [0.25, 0.3) is 0 Å². The molecule has 1 aliphatic rings. The van der Waals surface area contributed by atoms with E-state index in [1.807, 2.05) is 24.3 Å². The molecular weight excluding hydrogens is 345 g/mol. The van der Waals surface area contributed by atoms with Crippen LogP contribution in [0.5, 0.6) is 5.75 Å². The van der Waals surface area contributed by atoms with E-state index in [1.54, 1.807) is 0 Å². The third-order valence-corrected chi connectivity index (χ3v) is 3.47. The number of alkyl halides is 3. The Morgan fingerprint density at radius 1 is 1.28 bits per heavy atom. The lowest BCUT2D eigenvalue weighted by atomic mass is 10.1. The topological polar surface area (TPSA) is 113 Å². The van der Waals surface area contributed by atoms with Crippen LogP contribution < -0.4 is 10.5 Å². The van der Waals surface area contributed by atoms with E-state index < -0.39 is 18.2 Å². The van der Waals surface area contributed by atoms with E-state index in [4.69, 9.17) is 25.5 Å². The molecule has 25 heavy (non-hydrogen) atoms. The smallest absolute Gasteiger partial charge is 0.490 e. The van der Waals surface area contributed by atoms with E-state index >= 15 is 0 Å². The van der Waals surface area contributed by atoms with Crippen LogP contribution in [-0.4, -0.2) is 53.6 Å². The molecule has 0 atom stereocenters. The highest BCUT2D eigenvalue weighted by Crippen LogP contribution is 2.46. The van der Waals surface area contributed by atoms with Crippen LogP contribution >= 0.6 is 0 Å². The molecule has 0 heterocycles. The number of nitrogens with zero attached hydrogens (tertiary/aromatic N) is 1. The van der Waals surface area contributed by atoms with Gasteiger partial charge in [-0.3, -0.25) is 0 Å². The highest BCUT2D eigenvalue weighted by atomic mass is 19.4. The number of carboxylic acids is 1. The number of rotatable bonds is 5. The van der Waals surface area contributed by atoms with Crippen molar-refractivity contribution in [2.75, 3.05) is 20.2 Å². The molecule has 0 unspecified atom stereocenters. The van der Waals surface area contributed by atoms with Crippen molar-refractivity contribution in [3.05, 3.63) is 29.8 Å². The van der Waals surface area contributed by atoms with Crippen LogP contribution in [0.3, 0.4) is 0 Å². The average Bonchev–Trinajstić information content (AvgIpc) is 3.26. The second-order valence-corrected chi connectivity index (χ2v) is 5.51. The van der Waals surface area contributed by atoms with Crippen LogP contribution in [0.1, 0.15) is 18.4 Å². The lowest BCUT2D eigenvalue weighted by Gasteiger charge is -2.17. The fourth-order valence-corrected chi connectivity index (χ4v) is 1.80. The van der Waals surface area contributed by atoms with Crippen molar-refractivity contribution >= 4 is 12.1 Å². The summed E-state index contributed by atoms with van der Waals surface area (Å²) in [7, 11) is 1.52. The maximum atomic E-state index is 10.6. The van der Waals surface area contributed by atoms with Crippen LogP contribution in [-0.2, 0) is 10.3 Å². The first-order valence-electron chi connectivity index (χ1n) is 7.23. The SMILES string of the molecule is CN(CCOc1ccccc1C1(N)CC1)C(=O)O.O=C(O)C(F)(F)F. The summed E-state index contributed by atoms with van der Waals surface area (Å²) in [4.78, 5) is 20.7. The lowest BCUT2D eigenvalue weighted by Crippen LogP contribution is -2.29. The second kappa shape index (κ2) is 8.06. The molecule has 1 amide bonds. The van der Waals surface area contributed by atoms with Crippen molar-refractivity contribution in [2.24, 2.45) is 5.73 Å². The highest BCUT2D eigenvalue weighted by molar-refractivity contribution is 5.73. The van der Waals surface area contributed by atoms with Crippen molar-refractivity contribution in [2.45, 2.75) is 24.6 Å². The number of benzene rings is 1. The molecular formula is C15H19F3N2O5. The minimum Gasteiger partial charge on any atom is -0.491 e. The maximum absolute atomic E-state index is 10.6. The number of halogens is 3. The van der Waals surface area contributed by atoms with Gasteiger partial charge >= 0.3 is 18.2 Å². The first kappa shape index (κ1) is 20.6. The summed E-state index contributed by atoms with van der Waals surface area (Å²) in [5, 5.41) is 15.8. The molecule has 4 N–H and O–H groups in total. The molecule has 0 radical (unpaired) electrons. The van der Waals surface area contributed by atoms with E-state index in [0.717, 1.165) is 24.2 Å². The number of nitrogens with two attached hydrogens (primary N) is 1. The molecule has 140 valence electrons. The van der Waals surface area contributed by atoms with E-state index in [1.165, 1.54) is 11.9 Å². The van der Waals surface area contributed by atoms with Crippen molar-refractivity contribution in [3.8, 4) is 5.75 Å². The number of carboxylic acid groups (broad SMARTS) is 2. The van der Waals surface area contributed by atoms with Crippen molar-refractivity contribution in [1.82, 2.24) is 4.90 Å². The zero-order valence-corrected chi connectivity index (χ0v) is 13.4. The molecule has 7 nitrogen and oxygen atoms in total. The van der Waals surface area contributed by atoms with E-state index in [9.17, 15) is 18.0 Å². The Bertz CT molecular complexity index is 617. The first-order valence-corrected chi connectivity index (χ1v) is 7.23. The number of aliphatic carboxylic acids is 1. The van der Waals surface area contributed by atoms with Gasteiger partial charge in [0.05, 0.1) is 6.54 Å². The average molecular weight is 364 g/mol. The fraction of sp³-hybridized carbons (Fsp3) is 0.467. The van der Waals surface area contributed by atoms with Gasteiger partial charge in [-0.1, -0.05) is 18.2 Å². The van der Waals surface area contributed by atoms with Crippen LogP contribution in [0, 0.1) is 0 Å². The molecule has 2 rings (SSSR count). The summed E-state index contributed by atoms with van der Waals surface area (Å²) in [6.07, 6.45) is -4.09. The molecule has 0 spiro atoms. The van der Waals surface area contributed by atoms with Gasteiger partial charge < -0.3 is 25.6 Å². The zero-order valence-electron chi connectivity index (χ0n) is 13.4. The maximum Gasteiger partial charge on any atom is 0.490 e. The van der Waals surface area contributed by atoms with Crippen LogP contribution in [0.25, 0.3) is 0 Å². The molecule has 0 aliphatic heterocycles. The predicted octanol–water partition coefficient (Wildman–Crippen LogP) is 2.26. The van der Waals surface area contributed by atoms with Crippen LogP contribution in [0.15, 0.2) is 24.3 Å². The Balaban J connectivity index is 0.000000381. The summed E-state index contributed by atoms with van der Waals surface area (Å²) >= 11 is 0. The van der Waals surface area contributed by atoms with Crippen LogP contribution in [0.4, 0.5) is 18.0 Å². The van der Waals surface area contributed by atoms with Gasteiger partial charge in [-0.2, -0.15) is 13.2 Å². The van der Waals surface area contributed by atoms with Crippen molar-refractivity contribution in [3.63, 3.8) is 0 Å². The monoisotopic (exact) mass is 364 g/mol. The molecule has 0 saturated heterocycles. The number of ether oxygens (including phenoxy) is 1. The van der Waals surface area contributed by atoms with Crippen molar-refractivity contribution in [1.29, 1.82) is 0 Å². The Kier molecular flexibility index (Phi) is 6.63. The van der Waals surface area contributed by atoms with Gasteiger partial charge in [-0.15, -0.1) is 0 Å². The number of likely N-dealkylation sites (N-methyl/N-ethyl adjacent to an activating group) is 1. The number of hydrogen-bond donors (Lipinski definition) is 3. The van der Waals surface area contributed by atoms with Gasteiger partial charge in [0.15, 0.2) is 0 Å². The molecule has 10 heteroatoms. The van der Waals surface area contributed by atoms with Crippen LogP contribution in [0.2, 0.25) is 0 Å². The van der Waals surface area contributed by atoms with Gasteiger partial charge in [0.1, 0.15) is 12.4 Å². The number of para-hydroxylation sites is 1. The second-order valence-electron chi connectivity index (χ2n) is 5.51. The molecule has 1 aromatic rings.